The van der Waals surface area contributed by atoms with Crippen molar-refractivity contribution in [1.29, 1.82) is 0 Å². The molecule has 4 saturated heterocycles. The Kier molecular flexibility index (Phi) is 6.69. The first-order valence-electron chi connectivity index (χ1n) is 6.63. The molecule has 0 aromatic rings. The SMILES string of the molecule is C([N-]CC1CO1)C1CO1.C([N-]CC1CO1)C1CO1.[W+2]. The van der Waals surface area contributed by atoms with Crippen molar-refractivity contribution in [3.8, 4) is 0 Å². The van der Waals surface area contributed by atoms with E-state index < -0.39 is 0 Å². The summed E-state index contributed by atoms with van der Waals surface area (Å²) in [5.41, 5.74) is 0. The van der Waals surface area contributed by atoms with Crippen LogP contribution in [-0.4, -0.2) is 77.0 Å². The molecule has 4 unspecified atom stereocenters. The summed E-state index contributed by atoms with van der Waals surface area (Å²) in [5, 5.41) is 8.49. The molecule has 4 rings (SSSR count). The summed E-state index contributed by atoms with van der Waals surface area (Å²) in [5.74, 6) is 0. The van der Waals surface area contributed by atoms with Crippen LogP contribution >= 0.6 is 0 Å². The monoisotopic (exact) mass is 440 g/mol. The molecule has 0 aromatic carbocycles. The maximum absolute atomic E-state index is 4.98. The van der Waals surface area contributed by atoms with E-state index in [2.05, 4.69) is 10.6 Å². The molecule has 4 heterocycles. The summed E-state index contributed by atoms with van der Waals surface area (Å²) in [6, 6.07) is 0. The van der Waals surface area contributed by atoms with E-state index in [1.165, 1.54) is 0 Å². The Morgan fingerprint density at radius 1 is 0.579 bits per heavy atom. The van der Waals surface area contributed by atoms with Gasteiger partial charge in [0.1, 0.15) is 0 Å². The van der Waals surface area contributed by atoms with Gasteiger partial charge in [-0.05, 0) is 0 Å². The van der Waals surface area contributed by atoms with E-state index in [4.69, 9.17) is 18.9 Å². The Balaban J connectivity index is 0.000000133. The van der Waals surface area contributed by atoms with Crippen LogP contribution < -0.4 is 0 Å². The van der Waals surface area contributed by atoms with Crippen LogP contribution in [0.25, 0.3) is 10.6 Å². The average molecular weight is 440 g/mol. The van der Waals surface area contributed by atoms with E-state index in [1.807, 2.05) is 0 Å². The summed E-state index contributed by atoms with van der Waals surface area (Å²) < 4.78 is 19.9. The van der Waals surface area contributed by atoms with Gasteiger partial charge in [0.15, 0.2) is 0 Å². The Hall–Kier alpha value is 0.448. The second-order valence-corrected chi connectivity index (χ2v) is 5.00. The number of nitrogens with zero attached hydrogens (tertiary/aromatic N) is 2. The number of ether oxygens (including phenoxy) is 4. The molecule has 0 amide bonds. The van der Waals surface area contributed by atoms with Crippen molar-refractivity contribution in [2.75, 3.05) is 52.6 Å². The van der Waals surface area contributed by atoms with Gasteiger partial charge in [-0.2, -0.15) is 0 Å². The van der Waals surface area contributed by atoms with Crippen molar-refractivity contribution in [2.24, 2.45) is 0 Å². The van der Waals surface area contributed by atoms with Gasteiger partial charge < -0.3 is 29.6 Å². The number of rotatable bonds is 8. The molecule has 7 heteroatoms. The zero-order valence-corrected chi connectivity index (χ0v) is 13.8. The van der Waals surface area contributed by atoms with Crippen molar-refractivity contribution in [3.05, 3.63) is 10.6 Å². The van der Waals surface area contributed by atoms with Crippen LogP contribution in [0.2, 0.25) is 0 Å². The van der Waals surface area contributed by atoms with Crippen molar-refractivity contribution in [3.63, 3.8) is 0 Å². The Bertz CT molecular complexity index is 206. The van der Waals surface area contributed by atoms with Crippen LogP contribution in [0, 0.1) is 0 Å². The maximum Gasteiger partial charge on any atom is 2.00 e. The van der Waals surface area contributed by atoms with Gasteiger partial charge in [-0.15, -0.1) is 26.2 Å². The van der Waals surface area contributed by atoms with Gasteiger partial charge in [-0.1, -0.05) is 0 Å². The Labute approximate surface area is 128 Å². The molecule has 0 aliphatic carbocycles. The quantitative estimate of drug-likeness (QED) is 0.510. The van der Waals surface area contributed by atoms with E-state index in [9.17, 15) is 0 Å². The van der Waals surface area contributed by atoms with Gasteiger partial charge in [0.05, 0.1) is 50.8 Å². The number of epoxide rings is 4. The van der Waals surface area contributed by atoms with Crippen LogP contribution in [0.4, 0.5) is 0 Å². The minimum atomic E-state index is 0. The minimum absolute atomic E-state index is 0. The van der Waals surface area contributed by atoms with Crippen molar-refractivity contribution < 1.29 is 40.0 Å². The van der Waals surface area contributed by atoms with Gasteiger partial charge in [0, 0.05) is 0 Å². The summed E-state index contributed by atoms with van der Waals surface area (Å²) in [4.78, 5) is 0. The molecule has 0 radical (unpaired) electrons. The van der Waals surface area contributed by atoms with E-state index in [0.29, 0.717) is 24.4 Å². The fraction of sp³-hybridized carbons (Fsp3) is 1.00. The van der Waals surface area contributed by atoms with Crippen molar-refractivity contribution in [1.82, 2.24) is 0 Å². The molecular formula is C12H20N2O4W. The van der Waals surface area contributed by atoms with Gasteiger partial charge in [0.2, 0.25) is 0 Å². The van der Waals surface area contributed by atoms with E-state index >= 15 is 0 Å². The summed E-state index contributed by atoms with van der Waals surface area (Å²) in [6.07, 6.45) is 1.79. The summed E-state index contributed by atoms with van der Waals surface area (Å²) in [6.45, 7) is 7.15. The second kappa shape index (κ2) is 8.03. The molecule has 19 heavy (non-hydrogen) atoms. The number of hydrogen-bond donors (Lipinski definition) is 0. The molecule has 4 atom stereocenters. The molecule has 0 aromatic heterocycles. The molecule has 0 spiro atoms. The molecule has 6 nitrogen and oxygen atoms in total. The van der Waals surface area contributed by atoms with Crippen LogP contribution in [0.15, 0.2) is 0 Å². The largest absolute Gasteiger partial charge is 2.00 e. The molecule has 4 aliphatic heterocycles. The zero-order chi connectivity index (χ0) is 12.2. The first-order chi connectivity index (χ1) is 8.90. The molecule has 0 N–H and O–H groups in total. The maximum atomic E-state index is 4.98. The normalized spacial score (nSPS) is 36.6. The second-order valence-electron chi connectivity index (χ2n) is 5.00. The van der Waals surface area contributed by atoms with Gasteiger partial charge in [-0.3, -0.25) is 0 Å². The smallest absolute Gasteiger partial charge is 0.658 e. The fourth-order valence-corrected chi connectivity index (χ4v) is 1.42. The zero-order valence-electron chi connectivity index (χ0n) is 10.9. The van der Waals surface area contributed by atoms with Crippen molar-refractivity contribution >= 4 is 0 Å². The third kappa shape index (κ3) is 8.35. The van der Waals surface area contributed by atoms with E-state index in [0.717, 1.165) is 52.6 Å². The molecule has 4 fully saturated rings. The van der Waals surface area contributed by atoms with Crippen molar-refractivity contribution in [2.45, 2.75) is 24.4 Å². The van der Waals surface area contributed by atoms with Gasteiger partial charge in [-0.25, -0.2) is 0 Å². The van der Waals surface area contributed by atoms with Gasteiger partial charge in [0.25, 0.3) is 0 Å². The first-order valence-corrected chi connectivity index (χ1v) is 6.63. The minimum Gasteiger partial charge on any atom is -0.658 e. The topological polar surface area (TPSA) is 78.3 Å². The Morgan fingerprint density at radius 2 is 0.789 bits per heavy atom. The molecule has 0 saturated carbocycles. The third-order valence-corrected chi connectivity index (χ3v) is 2.94. The fourth-order valence-electron chi connectivity index (χ4n) is 1.42. The van der Waals surface area contributed by atoms with E-state index in [-0.39, 0.29) is 21.1 Å². The van der Waals surface area contributed by atoms with Crippen LogP contribution in [0.1, 0.15) is 0 Å². The first kappa shape index (κ1) is 15.8. The predicted octanol–water partition coefficient (Wildman–Crippen LogP) is 0.313. The molecule has 4 aliphatic rings. The van der Waals surface area contributed by atoms with Crippen LogP contribution in [0.5, 0.6) is 0 Å². The number of hydrogen-bond acceptors (Lipinski definition) is 4. The predicted molar refractivity (Wildman–Crippen MR) is 65.1 cm³/mol. The molecular weight excluding hydrogens is 420 g/mol. The average Bonchev–Trinajstić information content (AvgIpc) is 3.21. The van der Waals surface area contributed by atoms with Crippen LogP contribution in [0.3, 0.4) is 0 Å². The molecule has 0 bridgehead atoms. The molecule has 108 valence electrons. The standard InChI is InChI=1S/2C6H10NO2.W/c2*1(5-3-8-5)7-2-6-4-9-6;/h2*5-6H,1-4H2;/q2*-1;+2. The summed E-state index contributed by atoms with van der Waals surface area (Å²) in [7, 11) is 0. The summed E-state index contributed by atoms with van der Waals surface area (Å²) >= 11 is 0. The Morgan fingerprint density at radius 3 is 0.947 bits per heavy atom. The van der Waals surface area contributed by atoms with Crippen LogP contribution in [-0.2, 0) is 40.0 Å². The van der Waals surface area contributed by atoms with Gasteiger partial charge >= 0.3 is 21.1 Å². The van der Waals surface area contributed by atoms with E-state index in [1.54, 1.807) is 0 Å². The third-order valence-electron chi connectivity index (χ3n) is 2.94.